The molecular formula is C64H34N2O8S3. The largest absolute Gasteiger partial charge is 0.444 e. The van der Waals surface area contributed by atoms with E-state index in [9.17, 15) is 28.8 Å². The number of thiophene rings is 3. The number of ether oxygens (including phenoxy) is 2. The van der Waals surface area contributed by atoms with Crippen molar-refractivity contribution in [3.8, 4) is 0 Å². The molecule has 0 amide bonds. The molecule has 0 radical (unpaired) electrons. The quantitative estimate of drug-likeness (QED) is 0.0914. The number of benzene rings is 8. The summed E-state index contributed by atoms with van der Waals surface area (Å²) in [7, 11) is 0. The highest BCUT2D eigenvalue weighted by atomic mass is 32.1. The van der Waals surface area contributed by atoms with Gasteiger partial charge in [0.2, 0.25) is 0 Å². The summed E-state index contributed by atoms with van der Waals surface area (Å²) in [5.41, 5.74) is 4.70. The number of Topliss-reactive ketones (excluding diaryl/α,β-unsaturated/α-hetero) is 4. The van der Waals surface area contributed by atoms with Gasteiger partial charge in [-0.05, 0) is 127 Å². The molecule has 5 aromatic heterocycles. The van der Waals surface area contributed by atoms with Crippen molar-refractivity contribution in [1.29, 1.82) is 0 Å². The molecule has 0 spiro atoms. The van der Waals surface area contributed by atoms with E-state index in [1.54, 1.807) is 48.6 Å². The predicted octanol–water partition coefficient (Wildman–Crippen LogP) is 16.0. The summed E-state index contributed by atoms with van der Waals surface area (Å²) in [5, 5.41) is 7.52. The van der Waals surface area contributed by atoms with Crippen LogP contribution >= 0.6 is 34.0 Å². The van der Waals surface area contributed by atoms with Crippen LogP contribution < -0.4 is 0 Å². The fraction of sp³-hybridized carbons (Fsp3) is 0.0312. The first-order valence-corrected chi connectivity index (χ1v) is 27.1. The maximum atomic E-state index is 14.8. The number of carbonyl (C=O) groups is 6. The fourth-order valence-electron chi connectivity index (χ4n) is 11.0. The molecule has 13 aromatic rings. The van der Waals surface area contributed by atoms with E-state index in [0.29, 0.717) is 72.9 Å². The van der Waals surface area contributed by atoms with Gasteiger partial charge in [-0.3, -0.25) is 19.2 Å². The highest BCUT2D eigenvalue weighted by molar-refractivity contribution is 7.34. The van der Waals surface area contributed by atoms with Crippen LogP contribution in [0.2, 0.25) is 0 Å². The Morgan fingerprint density at radius 1 is 0.377 bits per heavy atom. The summed E-state index contributed by atoms with van der Waals surface area (Å²) in [4.78, 5) is 87.4. The van der Waals surface area contributed by atoms with Crippen LogP contribution in [0.1, 0.15) is 62.3 Å². The van der Waals surface area contributed by atoms with E-state index in [1.165, 1.54) is 43.1 Å². The lowest BCUT2D eigenvalue weighted by molar-refractivity contribution is 0.0975. The van der Waals surface area contributed by atoms with Gasteiger partial charge in [0.25, 0.3) is 0 Å². The van der Waals surface area contributed by atoms with E-state index in [0.717, 1.165) is 54.2 Å². The molecule has 15 rings (SSSR count). The molecule has 5 heterocycles. The van der Waals surface area contributed by atoms with Gasteiger partial charge in [0.05, 0.1) is 52.0 Å². The zero-order valence-electron chi connectivity index (χ0n) is 40.1. The smallest absolute Gasteiger partial charge is 0.419 e. The SMILES string of the molecule is O=C1C(=Cc2cc3c(s2)c2sc4c5sc(C=C6C(=O)c7cc8cc9ccccc9cc8cc7C6=O)cc5n(C(=O)OCc5ccccc5)c4c2n3C(=O)OCc2ccccc2)C(=O)c2cc3cc4ccccc4cc3cc21. The fourth-order valence-corrected chi connectivity index (χ4v) is 14.7. The van der Waals surface area contributed by atoms with Crippen LogP contribution in [0.5, 0.6) is 0 Å². The lowest BCUT2D eigenvalue weighted by atomic mass is 9.99. The second-order valence-corrected chi connectivity index (χ2v) is 22.4. The van der Waals surface area contributed by atoms with Crippen molar-refractivity contribution in [3.63, 3.8) is 0 Å². The zero-order chi connectivity index (χ0) is 51.8. The molecule has 0 atom stereocenters. The topological polar surface area (TPSA) is 131 Å². The molecule has 10 nitrogen and oxygen atoms in total. The number of carbonyl (C=O) groups excluding carboxylic acids is 6. The van der Waals surface area contributed by atoms with Crippen LogP contribution in [-0.2, 0) is 22.7 Å². The van der Waals surface area contributed by atoms with Crippen molar-refractivity contribution in [2.24, 2.45) is 0 Å². The van der Waals surface area contributed by atoms with Crippen molar-refractivity contribution in [2.45, 2.75) is 13.2 Å². The second kappa shape index (κ2) is 17.1. The van der Waals surface area contributed by atoms with Gasteiger partial charge in [-0.25, -0.2) is 18.7 Å². The lowest BCUT2D eigenvalue weighted by Crippen LogP contribution is -2.16. The summed E-state index contributed by atoms with van der Waals surface area (Å²) >= 11 is 4.01. The minimum absolute atomic E-state index is 0.0215. The van der Waals surface area contributed by atoms with Gasteiger partial charge in [0.15, 0.2) is 23.1 Å². The van der Waals surface area contributed by atoms with Gasteiger partial charge < -0.3 is 9.47 Å². The molecule has 366 valence electrons. The van der Waals surface area contributed by atoms with Crippen molar-refractivity contribution < 1.29 is 38.2 Å². The first-order valence-electron chi connectivity index (χ1n) is 24.6. The Morgan fingerprint density at radius 3 is 1.04 bits per heavy atom. The van der Waals surface area contributed by atoms with Crippen LogP contribution in [0.4, 0.5) is 9.59 Å². The molecule has 0 fully saturated rings. The number of aromatic nitrogens is 2. The molecule has 77 heavy (non-hydrogen) atoms. The minimum Gasteiger partial charge on any atom is -0.444 e. The molecule has 0 unspecified atom stereocenters. The molecule has 0 N–H and O–H groups in total. The van der Waals surface area contributed by atoms with Gasteiger partial charge in [0.1, 0.15) is 13.2 Å². The first kappa shape index (κ1) is 45.0. The number of ketones is 4. The van der Waals surface area contributed by atoms with E-state index in [1.807, 2.05) is 133 Å². The Balaban J connectivity index is 0.880. The van der Waals surface area contributed by atoms with E-state index < -0.39 is 12.2 Å². The second-order valence-electron chi connectivity index (χ2n) is 19.3. The maximum absolute atomic E-state index is 14.8. The molecule has 0 aliphatic heterocycles. The monoisotopic (exact) mass is 1050 g/mol. The molecule has 13 heteroatoms. The van der Waals surface area contributed by atoms with Crippen molar-refractivity contribution in [2.75, 3.05) is 0 Å². The molecule has 0 saturated carbocycles. The lowest BCUT2D eigenvalue weighted by Gasteiger charge is -2.10. The van der Waals surface area contributed by atoms with E-state index in [-0.39, 0.29) is 47.5 Å². The normalized spacial score (nSPS) is 13.5. The van der Waals surface area contributed by atoms with Gasteiger partial charge >= 0.3 is 12.2 Å². The Morgan fingerprint density at radius 2 is 0.701 bits per heavy atom. The maximum Gasteiger partial charge on any atom is 0.419 e. The third-order valence-corrected chi connectivity index (χ3v) is 18.3. The Bertz CT molecular complexity index is 4470. The summed E-state index contributed by atoms with van der Waals surface area (Å²) in [5.74, 6) is -1.51. The predicted molar refractivity (Wildman–Crippen MR) is 306 cm³/mol. The summed E-state index contributed by atoms with van der Waals surface area (Å²) in [6, 6.07) is 53.3. The molecule has 0 saturated heterocycles. The van der Waals surface area contributed by atoms with Crippen LogP contribution in [0.15, 0.2) is 181 Å². The molecule has 2 aliphatic carbocycles. The first-order chi connectivity index (χ1) is 37.6. The Kier molecular flexibility index (Phi) is 9.98. The number of nitrogens with zero attached hydrogens (tertiary/aromatic N) is 2. The van der Waals surface area contributed by atoms with Gasteiger partial charge in [-0.2, -0.15) is 0 Å². The van der Waals surface area contributed by atoms with E-state index in [4.69, 9.17) is 9.47 Å². The Hall–Kier alpha value is -9.40. The average molecular weight is 1060 g/mol. The number of rotatable bonds is 6. The minimum atomic E-state index is -0.706. The number of allylic oxidation sites excluding steroid dienone is 2. The van der Waals surface area contributed by atoms with Gasteiger partial charge in [-0.1, -0.05) is 109 Å². The van der Waals surface area contributed by atoms with E-state index >= 15 is 0 Å². The zero-order valence-corrected chi connectivity index (χ0v) is 42.6. The summed E-state index contributed by atoms with van der Waals surface area (Å²) in [6.45, 7) is -0.0800. The van der Waals surface area contributed by atoms with Gasteiger partial charge in [-0.15, -0.1) is 34.0 Å². The standard InChI is InChI=1S/C64H34N2O8S3/c67-55-45-23-39-19-35-15-7-8-16-36(35)20-40(39)24-46(45)56(68)49(55)27-43-29-51-59(75-43)61-53(65(51)63(71)73-31-33-11-3-1-4-12-33)54-62(77-61)60-52(66(54)64(72)74-32-34-13-5-2-6-14-34)30-44(76-60)28-50-57(69)47-25-41-21-37-17-9-10-18-38(37)22-42(41)26-48(47)58(50)70/h1-30H,31-32H2. The third kappa shape index (κ3) is 7.05. The highest BCUT2D eigenvalue weighted by Crippen LogP contribution is 2.50. The summed E-state index contributed by atoms with van der Waals surface area (Å²) in [6.07, 6.45) is 1.79. The van der Waals surface area contributed by atoms with Crippen LogP contribution in [0.25, 0.3) is 96.1 Å². The molecular weight excluding hydrogens is 1020 g/mol. The number of fused-ring (bicyclic) bond motifs is 13. The van der Waals surface area contributed by atoms with Gasteiger partial charge in [0, 0.05) is 32.0 Å². The van der Waals surface area contributed by atoms with Crippen molar-refractivity contribution in [1.82, 2.24) is 9.13 Å². The Labute approximate surface area is 447 Å². The average Bonchev–Trinajstić information content (AvgIpc) is 4.42. The number of hydrogen-bond donors (Lipinski definition) is 0. The van der Waals surface area contributed by atoms with Crippen molar-refractivity contribution in [3.05, 3.63) is 224 Å². The molecule has 8 aromatic carbocycles. The van der Waals surface area contributed by atoms with Crippen LogP contribution in [0.3, 0.4) is 0 Å². The van der Waals surface area contributed by atoms with Crippen LogP contribution in [-0.4, -0.2) is 44.5 Å². The van der Waals surface area contributed by atoms with Crippen LogP contribution in [0, 0.1) is 0 Å². The number of hydrogen-bond acceptors (Lipinski definition) is 11. The van der Waals surface area contributed by atoms with Crippen molar-refractivity contribution >= 4 is 165 Å². The summed E-state index contributed by atoms with van der Waals surface area (Å²) < 4.78 is 17.7. The van der Waals surface area contributed by atoms with E-state index in [2.05, 4.69) is 0 Å². The molecule has 0 bridgehead atoms. The molecule has 2 aliphatic rings. The third-order valence-electron chi connectivity index (χ3n) is 14.7. The highest BCUT2D eigenvalue weighted by Gasteiger charge is 2.37.